The van der Waals surface area contributed by atoms with Gasteiger partial charge < -0.3 is 19.6 Å². The van der Waals surface area contributed by atoms with Crippen LogP contribution in [0.3, 0.4) is 0 Å². The first-order chi connectivity index (χ1) is 12.6. The number of hydrogen-bond donors (Lipinski definition) is 1. The third-order valence-electron chi connectivity index (χ3n) is 6.50. The van der Waals surface area contributed by atoms with E-state index in [0.29, 0.717) is 11.9 Å². The van der Waals surface area contributed by atoms with Gasteiger partial charge in [0, 0.05) is 31.9 Å². The molecule has 6 heteroatoms. The van der Waals surface area contributed by atoms with E-state index in [1.54, 1.807) is 13.3 Å². The minimum absolute atomic E-state index is 0.181. The van der Waals surface area contributed by atoms with Gasteiger partial charge in [-0.05, 0) is 57.1 Å². The summed E-state index contributed by atoms with van der Waals surface area (Å²) in [7, 11) is 1.67. The van der Waals surface area contributed by atoms with E-state index in [1.807, 2.05) is 12.1 Å². The van der Waals surface area contributed by atoms with Gasteiger partial charge in [-0.1, -0.05) is 0 Å². The quantitative estimate of drug-likeness (QED) is 0.896. The fraction of sp³-hybridized carbons (Fsp3) is 0.700. The van der Waals surface area contributed by atoms with Gasteiger partial charge in [-0.3, -0.25) is 4.79 Å². The Kier molecular flexibility index (Phi) is 4.78. The Hall–Kier alpha value is -1.82. The SMILES string of the molecule is COc1cccnc1N1CCC[C@@]2(CCN(C3CCC(O)CC3)C2=O)C1. The van der Waals surface area contributed by atoms with Crippen LogP contribution in [0.1, 0.15) is 44.9 Å². The molecule has 142 valence electrons. The molecule has 2 saturated heterocycles. The van der Waals surface area contributed by atoms with Gasteiger partial charge in [-0.15, -0.1) is 0 Å². The summed E-state index contributed by atoms with van der Waals surface area (Å²) in [6.45, 7) is 2.50. The number of aromatic nitrogens is 1. The van der Waals surface area contributed by atoms with Crippen molar-refractivity contribution in [3.63, 3.8) is 0 Å². The number of pyridine rings is 1. The third kappa shape index (κ3) is 3.04. The van der Waals surface area contributed by atoms with Crippen molar-refractivity contribution < 1.29 is 14.6 Å². The summed E-state index contributed by atoms with van der Waals surface area (Å²) in [5.74, 6) is 1.94. The fourth-order valence-electron chi connectivity index (χ4n) is 5.04. The molecule has 1 atom stereocenters. The summed E-state index contributed by atoms with van der Waals surface area (Å²) in [5, 5.41) is 9.76. The van der Waals surface area contributed by atoms with Gasteiger partial charge in [0.05, 0.1) is 18.6 Å². The average Bonchev–Trinajstić information content (AvgIpc) is 2.98. The van der Waals surface area contributed by atoms with Gasteiger partial charge in [-0.2, -0.15) is 0 Å². The Morgan fingerprint density at radius 1 is 1.23 bits per heavy atom. The maximum atomic E-state index is 13.4. The highest BCUT2D eigenvalue weighted by Gasteiger charge is 2.51. The zero-order chi connectivity index (χ0) is 18.1. The van der Waals surface area contributed by atoms with Gasteiger partial charge in [0.1, 0.15) is 0 Å². The predicted molar refractivity (Wildman–Crippen MR) is 99.3 cm³/mol. The van der Waals surface area contributed by atoms with Crippen molar-refractivity contribution in [2.75, 3.05) is 31.6 Å². The van der Waals surface area contributed by atoms with Crippen LogP contribution in [0.5, 0.6) is 5.75 Å². The second-order valence-electron chi connectivity index (χ2n) is 8.05. The number of nitrogens with zero attached hydrogens (tertiary/aromatic N) is 3. The molecule has 0 bridgehead atoms. The van der Waals surface area contributed by atoms with Crippen molar-refractivity contribution in [3.05, 3.63) is 18.3 Å². The molecular formula is C20H29N3O3. The Morgan fingerprint density at radius 2 is 2.04 bits per heavy atom. The fourth-order valence-corrected chi connectivity index (χ4v) is 5.04. The van der Waals surface area contributed by atoms with E-state index in [0.717, 1.165) is 76.1 Å². The molecule has 4 rings (SSSR count). The number of anilines is 1. The van der Waals surface area contributed by atoms with E-state index in [4.69, 9.17) is 4.74 Å². The number of piperidine rings is 1. The third-order valence-corrected chi connectivity index (χ3v) is 6.50. The van der Waals surface area contributed by atoms with E-state index in [-0.39, 0.29) is 11.5 Å². The number of rotatable bonds is 3. The molecule has 1 aliphatic carbocycles. The molecule has 0 radical (unpaired) electrons. The summed E-state index contributed by atoms with van der Waals surface area (Å²) in [6.07, 6.45) is 8.00. The van der Waals surface area contributed by atoms with Crippen LogP contribution in [-0.4, -0.2) is 59.8 Å². The zero-order valence-electron chi connectivity index (χ0n) is 15.6. The lowest BCUT2D eigenvalue weighted by Gasteiger charge is -2.41. The number of aliphatic hydroxyl groups is 1. The van der Waals surface area contributed by atoms with Crippen molar-refractivity contribution in [3.8, 4) is 5.75 Å². The number of amides is 1. The van der Waals surface area contributed by atoms with Gasteiger partial charge in [0.2, 0.25) is 5.91 Å². The summed E-state index contributed by atoms with van der Waals surface area (Å²) in [6, 6.07) is 4.12. The molecular weight excluding hydrogens is 330 g/mol. The highest BCUT2D eigenvalue weighted by molar-refractivity contribution is 5.86. The molecule has 1 aromatic rings. The van der Waals surface area contributed by atoms with Crippen molar-refractivity contribution >= 4 is 11.7 Å². The first-order valence-electron chi connectivity index (χ1n) is 9.86. The predicted octanol–water partition coefficient (Wildman–Crippen LogP) is 2.21. The van der Waals surface area contributed by atoms with E-state index in [1.165, 1.54) is 0 Å². The summed E-state index contributed by atoms with van der Waals surface area (Å²) in [4.78, 5) is 22.2. The van der Waals surface area contributed by atoms with E-state index in [9.17, 15) is 9.90 Å². The van der Waals surface area contributed by atoms with Gasteiger partial charge in [-0.25, -0.2) is 4.98 Å². The van der Waals surface area contributed by atoms with E-state index in [2.05, 4.69) is 14.8 Å². The number of hydrogen-bond acceptors (Lipinski definition) is 5. The van der Waals surface area contributed by atoms with Crippen LogP contribution in [-0.2, 0) is 4.79 Å². The van der Waals surface area contributed by atoms with E-state index >= 15 is 0 Å². The molecule has 1 saturated carbocycles. The van der Waals surface area contributed by atoms with Crippen LogP contribution < -0.4 is 9.64 Å². The topological polar surface area (TPSA) is 65.9 Å². The van der Waals surface area contributed by atoms with Crippen molar-refractivity contribution in [1.82, 2.24) is 9.88 Å². The smallest absolute Gasteiger partial charge is 0.230 e. The largest absolute Gasteiger partial charge is 0.493 e. The molecule has 2 aliphatic heterocycles. The van der Waals surface area contributed by atoms with Crippen molar-refractivity contribution in [2.45, 2.75) is 57.1 Å². The Morgan fingerprint density at radius 3 is 2.81 bits per heavy atom. The molecule has 1 N–H and O–H groups in total. The van der Waals surface area contributed by atoms with Crippen LogP contribution in [0.25, 0.3) is 0 Å². The molecule has 1 amide bonds. The molecule has 0 unspecified atom stereocenters. The molecule has 3 aliphatic rings. The van der Waals surface area contributed by atoms with Crippen molar-refractivity contribution in [2.24, 2.45) is 5.41 Å². The van der Waals surface area contributed by atoms with Gasteiger partial charge >= 0.3 is 0 Å². The minimum atomic E-state index is -0.281. The standard InChI is InChI=1S/C20H29N3O3/c1-26-17-4-2-11-21-18(17)22-12-3-9-20(14-22)10-13-23(19(20)25)15-5-7-16(24)8-6-15/h2,4,11,15-16,24H,3,5-10,12-14H2,1H3/t15?,16?,20-/m1/s1. The van der Waals surface area contributed by atoms with Gasteiger partial charge in [0.25, 0.3) is 0 Å². The van der Waals surface area contributed by atoms with Crippen LogP contribution in [0.2, 0.25) is 0 Å². The average molecular weight is 359 g/mol. The molecule has 3 fully saturated rings. The molecule has 0 aromatic carbocycles. The normalized spacial score (nSPS) is 32.3. The Balaban J connectivity index is 1.51. The Bertz CT molecular complexity index is 659. The number of likely N-dealkylation sites (tertiary alicyclic amines) is 1. The van der Waals surface area contributed by atoms with Crippen LogP contribution in [0, 0.1) is 5.41 Å². The first-order valence-corrected chi connectivity index (χ1v) is 9.86. The molecule has 26 heavy (non-hydrogen) atoms. The lowest BCUT2D eigenvalue weighted by molar-refractivity contribution is -0.139. The minimum Gasteiger partial charge on any atom is -0.493 e. The number of ether oxygens (including phenoxy) is 1. The molecule has 1 spiro atoms. The number of carbonyl (C=O) groups excluding carboxylic acids is 1. The molecule has 6 nitrogen and oxygen atoms in total. The van der Waals surface area contributed by atoms with Crippen LogP contribution in [0.15, 0.2) is 18.3 Å². The monoisotopic (exact) mass is 359 g/mol. The number of methoxy groups -OCH3 is 1. The lowest BCUT2D eigenvalue weighted by atomic mass is 9.78. The highest BCUT2D eigenvalue weighted by Crippen LogP contribution is 2.44. The van der Waals surface area contributed by atoms with Crippen LogP contribution >= 0.6 is 0 Å². The van der Waals surface area contributed by atoms with Crippen LogP contribution in [0.4, 0.5) is 5.82 Å². The lowest BCUT2D eigenvalue weighted by Crippen LogP contribution is -2.50. The summed E-state index contributed by atoms with van der Waals surface area (Å²) >= 11 is 0. The van der Waals surface area contributed by atoms with Crippen molar-refractivity contribution in [1.29, 1.82) is 0 Å². The van der Waals surface area contributed by atoms with E-state index < -0.39 is 0 Å². The number of aliphatic hydroxyl groups excluding tert-OH is 1. The van der Waals surface area contributed by atoms with Gasteiger partial charge in [0.15, 0.2) is 11.6 Å². The second kappa shape index (κ2) is 7.06. The first kappa shape index (κ1) is 17.6. The summed E-state index contributed by atoms with van der Waals surface area (Å²) < 4.78 is 5.48. The second-order valence-corrected chi connectivity index (χ2v) is 8.05. The Labute approximate surface area is 155 Å². The summed E-state index contributed by atoms with van der Waals surface area (Å²) in [5.41, 5.74) is -0.281. The zero-order valence-corrected chi connectivity index (χ0v) is 15.6. The maximum absolute atomic E-state index is 13.4. The maximum Gasteiger partial charge on any atom is 0.230 e. The molecule has 3 heterocycles. The highest BCUT2D eigenvalue weighted by atomic mass is 16.5. The molecule has 1 aromatic heterocycles. The number of carbonyl (C=O) groups is 1.